The summed E-state index contributed by atoms with van der Waals surface area (Å²) in [5.74, 6) is 2.19. The van der Waals surface area contributed by atoms with Gasteiger partial charge in [0.2, 0.25) is 0 Å². The van der Waals surface area contributed by atoms with Crippen LogP contribution in [0.1, 0.15) is 51.3 Å². The topological polar surface area (TPSA) is 34.1 Å². The van der Waals surface area contributed by atoms with E-state index in [1.165, 1.54) is 24.8 Å². The van der Waals surface area contributed by atoms with Crippen LogP contribution in [0.2, 0.25) is 0 Å². The van der Waals surface area contributed by atoms with Crippen molar-refractivity contribution in [1.82, 2.24) is 10.3 Å². The minimum absolute atomic E-state index is 0.396. The van der Waals surface area contributed by atoms with E-state index >= 15 is 0 Å². The third-order valence-electron chi connectivity index (χ3n) is 4.67. The van der Waals surface area contributed by atoms with E-state index < -0.39 is 0 Å². The van der Waals surface area contributed by atoms with Gasteiger partial charge in [-0.05, 0) is 49.3 Å². The van der Waals surface area contributed by atoms with Gasteiger partial charge in [-0.1, -0.05) is 33.3 Å². The van der Waals surface area contributed by atoms with Crippen molar-refractivity contribution < 1.29 is 4.74 Å². The molecule has 1 N–H and O–H groups in total. The SMILES string of the molecule is CNCc1ccc(COC2CC(C)CCC2C(C)C)nc1. The molecule has 0 saturated heterocycles. The summed E-state index contributed by atoms with van der Waals surface area (Å²) < 4.78 is 6.24. The van der Waals surface area contributed by atoms with Gasteiger partial charge in [0.1, 0.15) is 0 Å². The van der Waals surface area contributed by atoms with Gasteiger partial charge in [-0.2, -0.15) is 0 Å². The van der Waals surface area contributed by atoms with E-state index in [4.69, 9.17) is 4.74 Å². The van der Waals surface area contributed by atoms with Gasteiger partial charge in [-0.25, -0.2) is 0 Å². The zero-order chi connectivity index (χ0) is 15.2. The highest BCUT2D eigenvalue weighted by molar-refractivity contribution is 5.13. The van der Waals surface area contributed by atoms with Crippen LogP contribution in [0.15, 0.2) is 18.3 Å². The molecule has 1 saturated carbocycles. The summed E-state index contributed by atoms with van der Waals surface area (Å²) in [7, 11) is 1.95. The van der Waals surface area contributed by atoms with Gasteiger partial charge in [0.15, 0.2) is 0 Å². The molecule has 0 spiro atoms. The average molecular weight is 290 g/mol. The quantitative estimate of drug-likeness (QED) is 0.866. The van der Waals surface area contributed by atoms with Crippen LogP contribution in [0.5, 0.6) is 0 Å². The molecule has 0 aliphatic heterocycles. The maximum atomic E-state index is 6.24. The summed E-state index contributed by atoms with van der Waals surface area (Å²) in [5.41, 5.74) is 2.25. The second kappa shape index (κ2) is 7.90. The zero-order valence-corrected chi connectivity index (χ0v) is 13.9. The molecular formula is C18H30N2O. The Kier molecular flexibility index (Phi) is 6.19. The van der Waals surface area contributed by atoms with Crippen molar-refractivity contribution >= 4 is 0 Å². The molecule has 118 valence electrons. The molecule has 3 atom stereocenters. The van der Waals surface area contributed by atoms with Gasteiger partial charge >= 0.3 is 0 Å². The number of hydrogen-bond donors (Lipinski definition) is 1. The van der Waals surface area contributed by atoms with E-state index in [0.29, 0.717) is 24.5 Å². The molecule has 1 aromatic rings. The van der Waals surface area contributed by atoms with E-state index in [2.05, 4.69) is 43.2 Å². The summed E-state index contributed by atoms with van der Waals surface area (Å²) in [6.07, 6.45) is 6.18. The Labute approximate surface area is 129 Å². The molecule has 1 fully saturated rings. The summed E-state index contributed by atoms with van der Waals surface area (Å²) in [6.45, 7) is 8.49. The monoisotopic (exact) mass is 290 g/mol. The Morgan fingerprint density at radius 3 is 2.76 bits per heavy atom. The zero-order valence-electron chi connectivity index (χ0n) is 13.9. The third kappa shape index (κ3) is 4.79. The van der Waals surface area contributed by atoms with Crippen molar-refractivity contribution in [2.45, 2.75) is 59.3 Å². The lowest BCUT2D eigenvalue weighted by Crippen LogP contribution is -2.34. The molecule has 1 heterocycles. The molecule has 1 aliphatic carbocycles. The summed E-state index contributed by atoms with van der Waals surface area (Å²) >= 11 is 0. The van der Waals surface area contributed by atoms with E-state index in [9.17, 15) is 0 Å². The molecule has 1 aliphatic rings. The third-order valence-corrected chi connectivity index (χ3v) is 4.67. The first-order chi connectivity index (χ1) is 10.1. The van der Waals surface area contributed by atoms with E-state index in [1.807, 2.05) is 13.2 Å². The van der Waals surface area contributed by atoms with Crippen LogP contribution in [0.4, 0.5) is 0 Å². The fourth-order valence-corrected chi connectivity index (χ4v) is 3.35. The maximum Gasteiger partial charge on any atom is 0.0891 e. The summed E-state index contributed by atoms with van der Waals surface area (Å²) in [5, 5.41) is 3.14. The highest BCUT2D eigenvalue weighted by atomic mass is 16.5. The van der Waals surface area contributed by atoms with Crippen LogP contribution in [-0.2, 0) is 17.9 Å². The number of pyridine rings is 1. The summed E-state index contributed by atoms with van der Waals surface area (Å²) in [4.78, 5) is 4.51. The van der Waals surface area contributed by atoms with E-state index in [0.717, 1.165) is 18.2 Å². The molecule has 3 heteroatoms. The van der Waals surface area contributed by atoms with Crippen LogP contribution >= 0.6 is 0 Å². The van der Waals surface area contributed by atoms with E-state index in [-0.39, 0.29) is 0 Å². The number of aromatic nitrogens is 1. The van der Waals surface area contributed by atoms with Crippen LogP contribution in [-0.4, -0.2) is 18.1 Å². The van der Waals surface area contributed by atoms with Crippen molar-refractivity contribution in [3.05, 3.63) is 29.6 Å². The minimum Gasteiger partial charge on any atom is -0.372 e. The van der Waals surface area contributed by atoms with Gasteiger partial charge in [0, 0.05) is 12.7 Å². The largest absolute Gasteiger partial charge is 0.372 e. The molecule has 0 bridgehead atoms. The normalized spacial score (nSPS) is 26.2. The Balaban J connectivity index is 1.90. The van der Waals surface area contributed by atoms with Crippen molar-refractivity contribution in [1.29, 1.82) is 0 Å². The van der Waals surface area contributed by atoms with Crippen molar-refractivity contribution in [2.75, 3.05) is 7.05 Å². The Bertz CT molecular complexity index is 416. The van der Waals surface area contributed by atoms with Gasteiger partial charge in [0.05, 0.1) is 18.4 Å². The molecular weight excluding hydrogens is 260 g/mol. The standard InChI is InChI=1S/C18H30N2O/c1-13(2)17-8-5-14(3)9-18(17)21-12-16-7-6-15(10-19-4)11-20-16/h6-7,11,13-14,17-19H,5,8-10,12H2,1-4H3. The van der Waals surface area contributed by atoms with Crippen LogP contribution in [0.25, 0.3) is 0 Å². The highest BCUT2D eigenvalue weighted by Crippen LogP contribution is 2.35. The Morgan fingerprint density at radius 1 is 1.33 bits per heavy atom. The average Bonchev–Trinajstić information content (AvgIpc) is 2.46. The molecule has 1 aromatic heterocycles. The molecule has 0 amide bonds. The van der Waals surface area contributed by atoms with Crippen molar-refractivity contribution in [3.63, 3.8) is 0 Å². The highest BCUT2D eigenvalue weighted by Gasteiger charge is 2.31. The van der Waals surface area contributed by atoms with Crippen molar-refractivity contribution in [3.8, 4) is 0 Å². The van der Waals surface area contributed by atoms with Gasteiger partial charge in [-0.15, -0.1) is 0 Å². The fourth-order valence-electron chi connectivity index (χ4n) is 3.35. The number of rotatable bonds is 6. The van der Waals surface area contributed by atoms with E-state index in [1.54, 1.807) is 0 Å². The molecule has 0 radical (unpaired) electrons. The van der Waals surface area contributed by atoms with Gasteiger partial charge in [0.25, 0.3) is 0 Å². The molecule has 0 aromatic carbocycles. The van der Waals surface area contributed by atoms with Gasteiger partial charge in [-0.3, -0.25) is 4.98 Å². The predicted octanol–water partition coefficient (Wildman–Crippen LogP) is 3.78. The Morgan fingerprint density at radius 2 is 2.14 bits per heavy atom. The predicted molar refractivity (Wildman–Crippen MR) is 86.9 cm³/mol. The Hall–Kier alpha value is -0.930. The van der Waals surface area contributed by atoms with Crippen molar-refractivity contribution in [2.24, 2.45) is 17.8 Å². The first kappa shape index (κ1) is 16.4. The smallest absolute Gasteiger partial charge is 0.0891 e. The number of hydrogen-bond acceptors (Lipinski definition) is 3. The first-order valence-electron chi connectivity index (χ1n) is 8.30. The molecule has 2 rings (SSSR count). The number of nitrogens with one attached hydrogen (secondary N) is 1. The minimum atomic E-state index is 0.396. The first-order valence-corrected chi connectivity index (χ1v) is 8.30. The lowest BCUT2D eigenvalue weighted by molar-refractivity contribution is -0.0483. The van der Waals surface area contributed by atoms with Crippen LogP contribution in [0.3, 0.4) is 0 Å². The second-order valence-corrected chi connectivity index (χ2v) is 6.86. The second-order valence-electron chi connectivity index (χ2n) is 6.86. The molecule has 3 nitrogen and oxygen atoms in total. The molecule has 3 unspecified atom stereocenters. The maximum absolute atomic E-state index is 6.24. The number of nitrogens with zero attached hydrogens (tertiary/aromatic N) is 1. The van der Waals surface area contributed by atoms with Crippen LogP contribution in [0, 0.1) is 17.8 Å². The lowest BCUT2D eigenvalue weighted by Gasteiger charge is -2.37. The number of ether oxygens (including phenoxy) is 1. The fraction of sp³-hybridized carbons (Fsp3) is 0.722. The van der Waals surface area contributed by atoms with Crippen LogP contribution < -0.4 is 5.32 Å². The summed E-state index contributed by atoms with van der Waals surface area (Å²) in [6, 6.07) is 4.22. The van der Waals surface area contributed by atoms with Gasteiger partial charge < -0.3 is 10.1 Å². The molecule has 21 heavy (non-hydrogen) atoms. The lowest BCUT2D eigenvalue weighted by atomic mass is 9.75.